The largest absolute Gasteiger partial charge is 0.357 e. The van der Waals surface area contributed by atoms with Gasteiger partial charge in [-0.1, -0.05) is 30.3 Å². The van der Waals surface area contributed by atoms with Crippen LogP contribution >= 0.6 is 24.0 Å². The van der Waals surface area contributed by atoms with Crippen molar-refractivity contribution < 1.29 is 4.79 Å². The summed E-state index contributed by atoms with van der Waals surface area (Å²) in [5.74, 6) is 1.66. The van der Waals surface area contributed by atoms with Crippen molar-refractivity contribution >= 4 is 35.8 Å². The third-order valence-corrected chi connectivity index (χ3v) is 4.93. The third kappa shape index (κ3) is 6.78. The number of piperidine rings is 1. The monoisotopic (exact) mass is 470 g/mol. The number of halogens is 1. The Morgan fingerprint density at radius 2 is 1.85 bits per heavy atom. The fourth-order valence-electron chi connectivity index (χ4n) is 3.37. The van der Waals surface area contributed by atoms with Gasteiger partial charge in [-0.25, -0.2) is 4.99 Å². The van der Waals surface area contributed by atoms with Crippen LogP contribution in [0.4, 0.5) is 0 Å². The summed E-state index contributed by atoms with van der Waals surface area (Å²) >= 11 is 0. The zero-order valence-corrected chi connectivity index (χ0v) is 17.9. The van der Waals surface area contributed by atoms with Gasteiger partial charge < -0.3 is 15.5 Å². The zero-order chi connectivity index (χ0) is 17.5. The van der Waals surface area contributed by atoms with Gasteiger partial charge in [0.25, 0.3) is 0 Å². The van der Waals surface area contributed by atoms with E-state index in [0.29, 0.717) is 6.04 Å². The van der Waals surface area contributed by atoms with Gasteiger partial charge in [-0.2, -0.15) is 0 Å². The maximum atomic E-state index is 11.9. The molecule has 2 fully saturated rings. The summed E-state index contributed by atoms with van der Waals surface area (Å²) < 4.78 is 0. The molecule has 5 nitrogen and oxygen atoms in total. The number of likely N-dealkylation sites (tertiary alicyclic amines) is 1. The molecular formula is C20H31IN4O. The second-order valence-corrected chi connectivity index (χ2v) is 7.13. The predicted octanol–water partition coefficient (Wildman–Crippen LogP) is 2.80. The van der Waals surface area contributed by atoms with Crippen molar-refractivity contribution in [1.29, 1.82) is 0 Å². The Morgan fingerprint density at radius 3 is 2.46 bits per heavy atom. The number of guanidine groups is 1. The molecule has 0 aromatic heterocycles. The van der Waals surface area contributed by atoms with Crippen LogP contribution in [0.2, 0.25) is 0 Å². The Labute approximate surface area is 174 Å². The average Bonchev–Trinajstić information content (AvgIpc) is 3.44. The summed E-state index contributed by atoms with van der Waals surface area (Å²) in [5.41, 5.74) is 1.43. The van der Waals surface area contributed by atoms with Crippen LogP contribution in [0.5, 0.6) is 0 Å². The molecule has 1 amide bonds. The van der Waals surface area contributed by atoms with Gasteiger partial charge in [0, 0.05) is 25.7 Å². The molecule has 0 unspecified atom stereocenters. The Bertz CT molecular complexity index is 581. The normalized spacial score (nSPS) is 18.2. The lowest BCUT2D eigenvalue weighted by molar-refractivity contribution is -0.119. The van der Waals surface area contributed by atoms with Crippen LogP contribution in [0.25, 0.3) is 0 Å². The number of hydrogen-bond donors (Lipinski definition) is 2. The second-order valence-electron chi connectivity index (χ2n) is 7.13. The first-order valence-corrected chi connectivity index (χ1v) is 9.61. The highest BCUT2D eigenvalue weighted by Gasteiger charge is 2.24. The summed E-state index contributed by atoms with van der Waals surface area (Å²) in [6.07, 6.45) is 5.74. The fourth-order valence-corrected chi connectivity index (χ4v) is 3.37. The van der Waals surface area contributed by atoms with Crippen LogP contribution in [0.15, 0.2) is 35.3 Å². The van der Waals surface area contributed by atoms with E-state index in [0.717, 1.165) is 50.8 Å². The predicted molar refractivity (Wildman–Crippen MR) is 117 cm³/mol. The van der Waals surface area contributed by atoms with Gasteiger partial charge in [-0.05, 0) is 50.5 Å². The Morgan fingerprint density at radius 1 is 1.15 bits per heavy atom. The van der Waals surface area contributed by atoms with E-state index in [2.05, 4.69) is 57.8 Å². The van der Waals surface area contributed by atoms with E-state index in [1.165, 1.54) is 18.4 Å². The third-order valence-electron chi connectivity index (χ3n) is 4.93. The first-order chi connectivity index (χ1) is 12.2. The van der Waals surface area contributed by atoms with Crippen LogP contribution in [-0.4, -0.2) is 49.0 Å². The molecule has 3 rings (SSSR count). The standard InChI is InChI=1S/C20H30N4O.HI/c1-2-21-20(22-15-19(25)23-18-8-9-18)24-12-10-17(11-13-24)14-16-6-4-3-5-7-16;/h3-7,17-18H,2,8-15H2,1H3,(H,21,22)(H,23,25);1H. The Balaban J connectivity index is 0.00000243. The maximum absolute atomic E-state index is 11.9. The topological polar surface area (TPSA) is 56.7 Å². The average molecular weight is 470 g/mol. The van der Waals surface area contributed by atoms with Crippen LogP contribution in [0.3, 0.4) is 0 Å². The molecule has 1 aromatic rings. The molecule has 1 saturated heterocycles. The lowest BCUT2D eigenvalue weighted by Gasteiger charge is -2.34. The van der Waals surface area contributed by atoms with Gasteiger partial charge in [0.1, 0.15) is 6.54 Å². The van der Waals surface area contributed by atoms with E-state index in [-0.39, 0.29) is 36.4 Å². The number of carbonyl (C=O) groups is 1. The highest BCUT2D eigenvalue weighted by atomic mass is 127. The number of amides is 1. The Kier molecular flexibility index (Phi) is 8.68. The molecular weight excluding hydrogens is 439 g/mol. The number of benzene rings is 1. The van der Waals surface area contributed by atoms with Crippen molar-refractivity contribution in [3.05, 3.63) is 35.9 Å². The Hall–Kier alpha value is -1.31. The van der Waals surface area contributed by atoms with E-state index < -0.39 is 0 Å². The molecule has 1 aliphatic heterocycles. The molecule has 1 heterocycles. The number of aliphatic imine (C=N–C) groups is 1. The molecule has 0 bridgehead atoms. The van der Waals surface area contributed by atoms with Crippen LogP contribution in [-0.2, 0) is 11.2 Å². The first-order valence-electron chi connectivity index (χ1n) is 9.61. The zero-order valence-electron chi connectivity index (χ0n) is 15.6. The molecule has 2 aliphatic rings. The van der Waals surface area contributed by atoms with E-state index in [1.54, 1.807) is 0 Å². The van der Waals surface area contributed by atoms with E-state index >= 15 is 0 Å². The number of carbonyl (C=O) groups excluding carboxylic acids is 1. The smallest absolute Gasteiger partial charge is 0.242 e. The SMILES string of the molecule is CCNC(=NCC(=O)NC1CC1)N1CCC(Cc2ccccc2)CC1.I. The minimum atomic E-state index is 0. The molecule has 0 atom stereocenters. The van der Waals surface area contributed by atoms with Gasteiger partial charge >= 0.3 is 0 Å². The van der Waals surface area contributed by atoms with Crippen molar-refractivity contribution in [3.63, 3.8) is 0 Å². The van der Waals surface area contributed by atoms with Crippen LogP contribution in [0, 0.1) is 5.92 Å². The molecule has 0 radical (unpaired) electrons. The van der Waals surface area contributed by atoms with Crippen molar-refractivity contribution in [2.75, 3.05) is 26.2 Å². The summed E-state index contributed by atoms with van der Waals surface area (Å²) in [6.45, 7) is 5.14. The maximum Gasteiger partial charge on any atom is 0.242 e. The lowest BCUT2D eigenvalue weighted by atomic mass is 9.90. The van der Waals surface area contributed by atoms with E-state index in [4.69, 9.17) is 0 Å². The molecule has 26 heavy (non-hydrogen) atoms. The quantitative estimate of drug-likeness (QED) is 0.382. The van der Waals surface area contributed by atoms with Crippen molar-refractivity contribution in [2.24, 2.45) is 10.9 Å². The van der Waals surface area contributed by atoms with Crippen LogP contribution in [0.1, 0.15) is 38.2 Å². The fraction of sp³-hybridized carbons (Fsp3) is 0.600. The van der Waals surface area contributed by atoms with E-state index in [9.17, 15) is 4.79 Å². The molecule has 6 heteroatoms. The lowest BCUT2D eigenvalue weighted by Crippen LogP contribution is -2.46. The highest BCUT2D eigenvalue weighted by Crippen LogP contribution is 2.22. The number of rotatable bonds is 6. The number of nitrogens with zero attached hydrogens (tertiary/aromatic N) is 2. The number of nitrogens with one attached hydrogen (secondary N) is 2. The summed E-state index contributed by atoms with van der Waals surface area (Å²) in [5, 5.41) is 6.33. The van der Waals surface area contributed by atoms with Crippen molar-refractivity contribution in [1.82, 2.24) is 15.5 Å². The molecule has 1 aliphatic carbocycles. The van der Waals surface area contributed by atoms with Gasteiger partial charge in [0.15, 0.2) is 5.96 Å². The van der Waals surface area contributed by atoms with Gasteiger partial charge in [0.05, 0.1) is 0 Å². The van der Waals surface area contributed by atoms with E-state index in [1.807, 2.05) is 0 Å². The number of hydrogen-bond acceptors (Lipinski definition) is 2. The molecule has 1 saturated carbocycles. The second kappa shape index (κ2) is 10.7. The summed E-state index contributed by atoms with van der Waals surface area (Å²) in [6, 6.07) is 11.1. The minimum absolute atomic E-state index is 0. The minimum Gasteiger partial charge on any atom is -0.357 e. The summed E-state index contributed by atoms with van der Waals surface area (Å²) in [7, 11) is 0. The van der Waals surface area contributed by atoms with Gasteiger partial charge in [-0.3, -0.25) is 4.79 Å². The van der Waals surface area contributed by atoms with Gasteiger partial charge in [-0.15, -0.1) is 24.0 Å². The van der Waals surface area contributed by atoms with Crippen molar-refractivity contribution in [3.8, 4) is 0 Å². The van der Waals surface area contributed by atoms with Gasteiger partial charge in [0.2, 0.25) is 5.91 Å². The highest BCUT2D eigenvalue weighted by molar-refractivity contribution is 14.0. The molecule has 1 aromatic carbocycles. The first kappa shape index (κ1) is 21.0. The van der Waals surface area contributed by atoms with Crippen LogP contribution < -0.4 is 10.6 Å². The molecule has 0 spiro atoms. The molecule has 144 valence electrons. The summed E-state index contributed by atoms with van der Waals surface area (Å²) in [4.78, 5) is 18.7. The van der Waals surface area contributed by atoms with Crippen molar-refractivity contribution in [2.45, 2.75) is 45.1 Å². The molecule has 2 N–H and O–H groups in total.